The van der Waals surface area contributed by atoms with Gasteiger partial charge in [-0.2, -0.15) is 13.2 Å². The van der Waals surface area contributed by atoms with Crippen molar-refractivity contribution in [1.82, 2.24) is 14.9 Å². The number of ether oxygens (including phenoxy) is 1. The Hall–Kier alpha value is -2.94. The second-order valence-corrected chi connectivity index (χ2v) is 9.38. The lowest BCUT2D eigenvalue weighted by Crippen LogP contribution is -2.34. The third kappa shape index (κ3) is 5.19. The van der Waals surface area contributed by atoms with E-state index in [1.54, 1.807) is 13.8 Å². The van der Waals surface area contributed by atoms with Gasteiger partial charge in [0.05, 0.1) is 17.1 Å². The van der Waals surface area contributed by atoms with Gasteiger partial charge >= 0.3 is 6.18 Å². The Morgan fingerprint density at radius 3 is 2.57 bits per heavy atom. The normalized spacial score (nSPS) is 19.8. The van der Waals surface area contributed by atoms with Gasteiger partial charge in [-0.25, -0.2) is 14.4 Å². The number of nitrogens with one attached hydrogen (secondary N) is 1. The van der Waals surface area contributed by atoms with Gasteiger partial charge in [0.1, 0.15) is 29.8 Å². The summed E-state index contributed by atoms with van der Waals surface area (Å²) in [5.74, 6) is 0.309. The molecule has 0 spiro atoms. The zero-order valence-corrected chi connectivity index (χ0v) is 20.5. The maximum Gasteiger partial charge on any atom is 0.419 e. The Bertz CT molecular complexity index is 1230. The SMILES string of the molecule is Cc1nc(N[C@H](C)c2cccc(C(F)(F)F)c2F)c2cc(OC[C@@H]3CC[C@H](C)N3C)c(C)cc2n1. The molecule has 0 bridgehead atoms. The zero-order chi connectivity index (χ0) is 25.5. The molecule has 0 aliphatic carbocycles. The van der Waals surface area contributed by atoms with E-state index in [0.29, 0.717) is 47.0 Å². The van der Waals surface area contributed by atoms with Crippen LogP contribution in [0, 0.1) is 19.7 Å². The predicted molar refractivity (Wildman–Crippen MR) is 128 cm³/mol. The van der Waals surface area contributed by atoms with Crippen molar-refractivity contribution < 1.29 is 22.3 Å². The average molecular weight is 491 g/mol. The largest absolute Gasteiger partial charge is 0.492 e. The van der Waals surface area contributed by atoms with Crippen molar-refractivity contribution in [3.8, 4) is 5.75 Å². The highest BCUT2D eigenvalue weighted by molar-refractivity contribution is 5.91. The number of likely N-dealkylation sites (tertiary alicyclic amines) is 1. The van der Waals surface area contributed by atoms with Crippen LogP contribution in [0.15, 0.2) is 30.3 Å². The second kappa shape index (κ2) is 9.60. The van der Waals surface area contributed by atoms with E-state index in [4.69, 9.17) is 4.74 Å². The Kier molecular flexibility index (Phi) is 6.90. The molecule has 2 aromatic carbocycles. The Morgan fingerprint density at radius 1 is 1.17 bits per heavy atom. The number of likely N-dealkylation sites (N-methyl/N-ethyl adjacent to an activating group) is 1. The lowest BCUT2D eigenvalue weighted by atomic mass is 10.0. The standard InChI is InChI=1S/C26H30F4N4O/c1-14-11-22-20(12-23(14)35-13-18-10-9-15(2)34(18)5)25(33-17(4)32-22)31-16(3)19-7-6-8-21(24(19)27)26(28,29)30/h6-8,11-12,15-16,18H,9-10,13H2,1-5H3,(H,31,32,33)/t15-,16+,18-/m0/s1. The van der Waals surface area contributed by atoms with Gasteiger partial charge < -0.3 is 10.1 Å². The van der Waals surface area contributed by atoms with E-state index in [-0.39, 0.29) is 5.56 Å². The van der Waals surface area contributed by atoms with Gasteiger partial charge in [-0.1, -0.05) is 12.1 Å². The molecule has 5 nitrogen and oxygen atoms in total. The molecule has 35 heavy (non-hydrogen) atoms. The number of hydrogen-bond donors (Lipinski definition) is 1. The monoisotopic (exact) mass is 490 g/mol. The lowest BCUT2D eigenvalue weighted by Gasteiger charge is -2.24. The van der Waals surface area contributed by atoms with Crippen molar-refractivity contribution in [2.45, 2.75) is 64.8 Å². The van der Waals surface area contributed by atoms with Crippen molar-refractivity contribution in [2.24, 2.45) is 0 Å². The van der Waals surface area contributed by atoms with Crippen LogP contribution in [0.5, 0.6) is 5.75 Å². The highest BCUT2D eigenvalue weighted by atomic mass is 19.4. The van der Waals surface area contributed by atoms with Crippen LogP contribution in [0.2, 0.25) is 0 Å². The molecule has 1 fully saturated rings. The molecule has 1 saturated heterocycles. The van der Waals surface area contributed by atoms with Crippen molar-refractivity contribution in [3.63, 3.8) is 0 Å². The number of alkyl halides is 3. The fourth-order valence-electron chi connectivity index (χ4n) is 4.62. The van der Waals surface area contributed by atoms with Gasteiger partial charge in [0.25, 0.3) is 0 Å². The summed E-state index contributed by atoms with van der Waals surface area (Å²) in [6.45, 7) is 8.03. The van der Waals surface area contributed by atoms with Crippen LogP contribution in [0.4, 0.5) is 23.4 Å². The molecule has 0 saturated carbocycles. The summed E-state index contributed by atoms with van der Waals surface area (Å²) in [5.41, 5.74) is 0.219. The first kappa shape index (κ1) is 25.2. The van der Waals surface area contributed by atoms with E-state index >= 15 is 0 Å². The van der Waals surface area contributed by atoms with Crippen LogP contribution in [0.3, 0.4) is 0 Å². The van der Waals surface area contributed by atoms with E-state index < -0.39 is 23.6 Å². The molecule has 3 aromatic rings. The number of aryl methyl sites for hydroxylation is 2. The third-order valence-electron chi connectivity index (χ3n) is 6.88. The molecule has 0 amide bonds. The van der Waals surface area contributed by atoms with Crippen LogP contribution in [0.1, 0.15) is 55.2 Å². The van der Waals surface area contributed by atoms with Crippen LogP contribution < -0.4 is 10.1 Å². The maximum absolute atomic E-state index is 14.7. The molecular formula is C26H30F4N4O. The maximum atomic E-state index is 14.7. The van der Waals surface area contributed by atoms with Gasteiger partial charge in [-0.15, -0.1) is 0 Å². The van der Waals surface area contributed by atoms with Crippen LogP contribution in [0.25, 0.3) is 10.9 Å². The smallest absolute Gasteiger partial charge is 0.419 e. The first-order valence-electron chi connectivity index (χ1n) is 11.7. The Labute approximate surface area is 202 Å². The van der Waals surface area contributed by atoms with Crippen molar-refractivity contribution in [3.05, 3.63) is 58.7 Å². The molecule has 2 heterocycles. The topological polar surface area (TPSA) is 50.3 Å². The lowest BCUT2D eigenvalue weighted by molar-refractivity contribution is -0.140. The summed E-state index contributed by atoms with van der Waals surface area (Å²) in [4.78, 5) is 11.3. The molecule has 188 valence electrons. The number of halogens is 4. The minimum Gasteiger partial charge on any atom is -0.492 e. The summed E-state index contributed by atoms with van der Waals surface area (Å²) in [6.07, 6.45) is -2.57. The zero-order valence-electron chi connectivity index (χ0n) is 20.5. The van der Waals surface area contributed by atoms with Crippen molar-refractivity contribution in [2.75, 3.05) is 19.0 Å². The molecule has 1 N–H and O–H groups in total. The number of fused-ring (bicyclic) bond motifs is 1. The first-order chi connectivity index (χ1) is 16.5. The summed E-state index contributed by atoms with van der Waals surface area (Å²) >= 11 is 0. The molecule has 3 atom stereocenters. The number of nitrogens with zero attached hydrogens (tertiary/aromatic N) is 3. The highest BCUT2D eigenvalue weighted by Crippen LogP contribution is 2.36. The van der Waals surface area contributed by atoms with Crippen LogP contribution in [-0.2, 0) is 6.18 Å². The van der Waals surface area contributed by atoms with Gasteiger partial charge in [0.2, 0.25) is 0 Å². The fraction of sp³-hybridized carbons (Fsp3) is 0.462. The molecule has 1 aliphatic heterocycles. The van der Waals surface area contributed by atoms with E-state index in [9.17, 15) is 17.6 Å². The summed E-state index contributed by atoms with van der Waals surface area (Å²) < 4.78 is 60.5. The quantitative estimate of drug-likeness (QED) is 0.403. The molecule has 1 aromatic heterocycles. The van der Waals surface area contributed by atoms with Crippen LogP contribution >= 0.6 is 0 Å². The van der Waals surface area contributed by atoms with E-state index in [2.05, 4.69) is 34.2 Å². The van der Waals surface area contributed by atoms with E-state index in [0.717, 1.165) is 24.5 Å². The minimum atomic E-state index is -4.77. The molecular weight excluding hydrogens is 460 g/mol. The van der Waals surface area contributed by atoms with Gasteiger partial charge in [-0.05, 0) is 71.3 Å². The van der Waals surface area contributed by atoms with Crippen molar-refractivity contribution in [1.29, 1.82) is 0 Å². The fourth-order valence-corrected chi connectivity index (χ4v) is 4.62. The number of anilines is 1. The summed E-state index contributed by atoms with van der Waals surface area (Å²) in [5, 5.41) is 3.75. The van der Waals surface area contributed by atoms with E-state index in [1.807, 2.05) is 19.1 Å². The second-order valence-electron chi connectivity index (χ2n) is 9.38. The number of benzene rings is 2. The Morgan fingerprint density at radius 2 is 1.91 bits per heavy atom. The first-order valence-corrected chi connectivity index (χ1v) is 11.7. The van der Waals surface area contributed by atoms with Gasteiger partial charge in [-0.3, -0.25) is 4.90 Å². The van der Waals surface area contributed by atoms with Crippen LogP contribution in [-0.4, -0.2) is 40.6 Å². The average Bonchev–Trinajstić information content (AvgIpc) is 3.09. The van der Waals surface area contributed by atoms with Crippen molar-refractivity contribution >= 4 is 16.7 Å². The minimum absolute atomic E-state index is 0.0915. The number of rotatable bonds is 6. The molecule has 0 radical (unpaired) electrons. The molecule has 0 unspecified atom stereocenters. The highest BCUT2D eigenvalue weighted by Gasteiger charge is 2.35. The third-order valence-corrected chi connectivity index (χ3v) is 6.88. The number of aromatic nitrogens is 2. The summed E-state index contributed by atoms with van der Waals surface area (Å²) in [6, 6.07) is 7.12. The summed E-state index contributed by atoms with van der Waals surface area (Å²) in [7, 11) is 2.10. The molecule has 1 aliphatic rings. The van der Waals surface area contributed by atoms with E-state index in [1.165, 1.54) is 12.1 Å². The van der Waals surface area contributed by atoms with Gasteiger partial charge in [0.15, 0.2) is 0 Å². The molecule has 4 rings (SSSR count). The number of hydrogen-bond acceptors (Lipinski definition) is 5. The molecule has 9 heteroatoms. The Balaban J connectivity index is 1.64. The van der Waals surface area contributed by atoms with Gasteiger partial charge in [0, 0.05) is 23.0 Å². The predicted octanol–water partition coefficient (Wildman–Crippen LogP) is 6.44.